The van der Waals surface area contributed by atoms with Gasteiger partial charge in [-0.2, -0.15) is 5.10 Å². The van der Waals surface area contributed by atoms with Crippen LogP contribution in [-0.2, 0) is 11.4 Å². The number of carbonyl (C=O) groups excluding carboxylic acids is 1. The fourth-order valence-electron chi connectivity index (χ4n) is 2.88. The average molecular weight is 418 g/mol. The van der Waals surface area contributed by atoms with Crippen LogP contribution in [0.2, 0.25) is 0 Å². The molecule has 0 aliphatic carbocycles. The summed E-state index contributed by atoms with van der Waals surface area (Å²) >= 11 is 0. The highest BCUT2D eigenvalue weighted by Gasteiger charge is 2.07. The van der Waals surface area contributed by atoms with Crippen molar-refractivity contribution < 1.29 is 19.0 Å². The van der Waals surface area contributed by atoms with Gasteiger partial charge in [-0.3, -0.25) is 4.79 Å². The monoisotopic (exact) mass is 418 g/mol. The lowest BCUT2D eigenvalue weighted by Crippen LogP contribution is -2.24. The summed E-state index contributed by atoms with van der Waals surface area (Å²) in [6, 6.07) is 21.0. The van der Waals surface area contributed by atoms with Gasteiger partial charge in [0.2, 0.25) is 0 Å². The quantitative estimate of drug-likeness (QED) is 0.413. The SMILES string of the molecule is COc1cc(/C=N/NC(=O)COc2cccc(C)c2)ccc1OCc1ccccc1C. The summed E-state index contributed by atoms with van der Waals surface area (Å²) in [5.74, 6) is 1.53. The molecule has 6 heteroatoms. The molecule has 0 fully saturated rings. The number of ether oxygens (including phenoxy) is 3. The molecule has 1 amide bonds. The first kappa shape index (κ1) is 21.9. The molecule has 0 aromatic heterocycles. The summed E-state index contributed by atoms with van der Waals surface area (Å²) in [6.45, 7) is 4.35. The van der Waals surface area contributed by atoms with Gasteiger partial charge in [-0.05, 0) is 66.4 Å². The number of hydrazone groups is 1. The Labute approximate surface area is 182 Å². The van der Waals surface area contributed by atoms with E-state index >= 15 is 0 Å². The van der Waals surface area contributed by atoms with Gasteiger partial charge >= 0.3 is 0 Å². The maximum atomic E-state index is 11.9. The molecular weight excluding hydrogens is 392 g/mol. The molecule has 0 heterocycles. The van der Waals surface area contributed by atoms with Crippen LogP contribution in [0.15, 0.2) is 71.8 Å². The van der Waals surface area contributed by atoms with Crippen LogP contribution >= 0.6 is 0 Å². The van der Waals surface area contributed by atoms with Crippen molar-refractivity contribution in [2.45, 2.75) is 20.5 Å². The Morgan fingerprint density at radius 3 is 2.58 bits per heavy atom. The summed E-state index contributed by atoms with van der Waals surface area (Å²) in [4.78, 5) is 11.9. The van der Waals surface area contributed by atoms with Crippen LogP contribution in [0.3, 0.4) is 0 Å². The van der Waals surface area contributed by atoms with E-state index in [0.717, 1.165) is 16.7 Å². The van der Waals surface area contributed by atoms with Crippen LogP contribution in [0.4, 0.5) is 0 Å². The fourth-order valence-corrected chi connectivity index (χ4v) is 2.88. The van der Waals surface area contributed by atoms with Gasteiger partial charge in [0.25, 0.3) is 5.91 Å². The second-order valence-corrected chi connectivity index (χ2v) is 7.02. The largest absolute Gasteiger partial charge is 0.493 e. The van der Waals surface area contributed by atoms with Gasteiger partial charge < -0.3 is 14.2 Å². The lowest BCUT2D eigenvalue weighted by Gasteiger charge is -2.12. The van der Waals surface area contributed by atoms with Crippen molar-refractivity contribution in [3.63, 3.8) is 0 Å². The van der Waals surface area contributed by atoms with Crippen molar-refractivity contribution >= 4 is 12.1 Å². The third-order valence-electron chi connectivity index (χ3n) is 4.59. The van der Waals surface area contributed by atoms with Gasteiger partial charge in [0.05, 0.1) is 13.3 Å². The Kier molecular flexibility index (Phi) is 7.65. The van der Waals surface area contributed by atoms with E-state index in [1.165, 1.54) is 11.8 Å². The van der Waals surface area contributed by atoms with Crippen LogP contribution in [0.25, 0.3) is 0 Å². The first-order chi connectivity index (χ1) is 15.0. The summed E-state index contributed by atoms with van der Waals surface area (Å²) in [6.07, 6.45) is 1.54. The third-order valence-corrected chi connectivity index (χ3v) is 4.59. The first-order valence-electron chi connectivity index (χ1n) is 9.92. The van der Waals surface area contributed by atoms with Gasteiger partial charge in [-0.15, -0.1) is 0 Å². The molecule has 3 aromatic rings. The number of rotatable bonds is 9. The molecule has 0 aliphatic rings. The van der Waals surface area contributed by atoms with Gasteiger partial charge in [-0.25, -0.2) is 5.43 Å². The lowest BCUT2D eigenvalue weighted by molar-refractivity contribution is -0.123. The number of amides is 1. The van der Waals surface area contributed by atoms with Gasteiger partial charge in [0.15, 0.2) is 18.1 Å². The molecule has 3 aromatic carbocycles. The fraction of sp³-hybridized carbons (Fsp3) is 0.200. The van der Waals surface area contributed by atoms with E-state index in [4.69, 9.17) is 14.2 Å². The Balaban J connectivity index is 1.53. The minimum Gasteiger partial charge on any atom is -0.493 e. The van der Waals surface area contributed by atoms with Crippen LogP contribution in [-0.4, -0.2) is 25.8 Å². The summed E-state index contributed by atoms with van der Waals surface area (Å²) < 4.78 is 16.8. The molecule has 31 heavy (non-hydrogen) atoms. The highest BCUT2D eigenvalue weighted by Crippen LogP contribution is 2.28. The first-order valence-corrected chi connectivity index (χ1v) is 9.92. The summed E-state index contributed by atoms with van der Waals surface area (Å²) in [7, 11) is 1.58. The standard InChI is InChI=1S/C25H26N2O4/c1-18-7-6-10-22(13-18)30-17-25(28)27-26-15-20-11-12-23(24(14-20)29-3)31-16-21-9-5-4-8-19(21)2/h4-15H,16-17H2,1-3H3,(H,27,28)/b26-15+. The summed E-state index contributed by atoms with van der Waals surface area (Å²) in [5, 5.41) is 3.98. The second-order valence-electron chi connectivity index (χ2n) is 7.02. The Morgan fingerprint density at radius 1 is 0.968 bits per heavy atom. The molecule has 0 saturated heterocycles. The van der Waals surface area contributed by atoms with Crippen LogP contribution < -0.4 is 19.6 Å². The number of hydrogen-bond donors (Lipinski definition) is 1. The Hall–Kier alpha value is -3.80. The van der Waals surface area contributed by atoms with Crippen molar-refractivity contribution in [2.75, 3.05) is 13.7 Å². The molecule has 0 aliphatic heterocycles. The molecule has 160 valence electrons. The highest BCUT2D eigenvalue weighted by molar-refractivity contribution is 5.83. The van der Waals surface area contributed by atoms with E-state index in [0.29, 0.717) is 23.9 Å². The second kappa shape index (κ2) is 10.8. The molecule has 0 spiro atoms. The molecule has 0 saturated carbocycles. The summed E-state index contributed by atoms with van der Waals surface area (Å²) in [5.41, 5.74) is 6.57. The number of carbonyl (C=O) groups is 1. The minimum absolute atomic E-state index is 0.115. The van der Waals surface area contributed by atoms with Gasteiger partial charge in [0.1, 0.15) is 12.4 Å². The highest BCUT2D eigenvalue weighted by atomic mass is 16.5. The Bertz CT molecular complexity index is 1060. The van der Waals surface area contributed by atoms with Gasteiger partial charge in [0, 0.05) is 0 Å². The molecule has 0 atom stereocenters. The maximum absolute atomic E-state index is 11.9. The zero-order chi connectivity index (χ0) is 22.1. The molecular formula is C25H26N2O4. The van der Waals surface area contributed by atoms with Crippen molar-refractivity contribution in [1.82, 2.24) is 5.43 Å². The molecule has 0 unspecified atom stereocenters. The van der Waals surface area contributed by atoms with Crippen LogP contribution in [0.5, 0.6) is 17.2 Å². The van der Waals surface area contributed by atoms with E-state index in [9.17, 15) is 4.79 Å². The molecule has 0 bridgehead atoms. The van der Waals surface area contributed by atoms with Gasteiger partial charge in [-0.1, -0.05) is 36.4 Å². The van der Waals surface area contributed by atoms with Crippen molar-refractivity contribution in [3.8, 4) is 17.2 Å². The van der Waals surface area contributed by atoms with E-state index in [1.807, 2.05) is 55.5 Å². The molecule has 6 nitrogen and oxygen atoms in total. The zero-order valence-corrected chi connectivity index (χ0v) is 17.9. The number of benzene rings is 3. The number of aryl methyl sites for hydroxylation is 2. The number of methoxy groups -OCH3 is 1. The normalized spacial score (nSPS) is 10.7. The smallest absolute Gasteiger partial charge is 0.277 e. The third kappa shape index (κ3) is 6.60. The Morgan fingerprint density at radius 2 is 1.81 bits per heavy atom. The van der Waals surface area contributed by atoms with Crippen molar-refractivity contribution in [2.24, 2.45) is 5.10 Å². The van der Waals surface area contributed by atoms with E-state index in [-0.39, 0.29) is 12.5 Å². The van der Waals surface area contributed by atoms with E-state index in [2.05, 4.69) is 23.5 Å². The van der Waals surface area contributed by atoms with Crippen molar-refractivity contribution in [3.05, 3.63) is 89.0 Å². The zero-order valence-electron chi connectivity index (χ0n) is 17.9. The molecule has 3 rings (SSSR count). The van der Waals surface area contributed by atoms with Crippen LogP contribution in [0, 0.1) is 13.8 Å². The lowest BCUT2D eigenvalue weighted by atomic mass is 10.1. The van der Waals surface area contributed by atoms with E-state index < -0.39 is 0 Å². The number of hydrogen-bond acceptors (Lipinski definition) is 5. The molecule has 0 radical (unpaired) electrons. The minimum atomic E-state index is -0.345. The topological polar surface area (TPSA) is 69.2 Å². The number of nitrogens with zero attached hydrogens (tertiary/aromatic N) is 1. The van der Waals surface area contributed by atoms with Crippen LogP contribution in [0.1, 0.15) is 22.3 Å². The molecule has 1 N–H and O–H groups in total. The predicted molar refractivity (Wildman–Crippen MR) is 121 cm³/mol. The van der Waals surface area contributed by atoms with Crippen molar-refractivity contribution in [1.29, 1.82) is 0 Å². The average Bonchev–Trinajstić information content (AvgIpc) is 2.77. The predicted octanol–water partition coefficient (Wildman–Crippen LogP) is 4.42. The number of nitrogens with one attached hydrogen (secondary N) is 1. The maximum Gasteiger partial charge on any atom is 0.277 e. The van der Waals surface area contributed by atoms with E-state index in [1.54, 1.807) is 19.2 Å².